The van der Waals surface area contributed by atoms with Crippen molar-refractivity contribution in [1.29, 1.82) is 0 Å². The van der Waals surface area contributed by atoms with Gasteiger partial charge in [-0.2, -0.15) is 0 Å². The van der Waals surface area contributed by atoms with E-state index in [2.05, 4.69) is 22.5 Å². The van der Waals surface area contributed by atoms with Crippen LogP contribution in [0.3, 0.4) is 0 Å². The summed E-state index contributed by atoms with van der Waals surface area (Å²) >= 11 is 8.79. The molecule has 1 aromatic heterocycles. The third-order valence-corrected chi connectivity index (χ3v) is 3.02. The zero-order valence-electron chi connectivity index (χ0n) is 12.6. The third-order valence-electron chi connectivity index (χ3n) is 2.66. The Morgan fingerprint density at radius 3 is 2.67 bits per heavy atom. The molecule has 0 amide bonds. The lowest BCUT2D eigenvalue weighted by Crippen LogP contribution is -2.01. The summed E-state index contributed by atoms with van der Waals surface area (Å²) in [5.41, 5.74) is 7.25. The molecule has 0 aliphatic heterocycles. The topological polar surface area (TPSA) is 50.9 Å². The van der Waals surface area contributed by atoms with E-state index < -0.39 is 0 Å². The number of pyridine rings is 1. The van der Waals surface area contributed by atoms with E-state index in [4.69, 9.17) is 18.0 Å². The van der Waals surface area contributed by atoms with E-state index in [1.807, 2.05) is 13.8 Å². The Labute approximate surface area is 137 Å². The Bertz CT molecular complexity index is 430. The van der Waals surface area contributed by atoms with Gasteiger partial charge in [0.15, 0.2) is 0 Å². The van der Waals surface area contributed by atoms with E-state index in [-0.39, 0.29) is 5.82 Å². The monoisotopic (exact) mass is 329 g/mol. The number of hydrogen-bond acceptors (Lipinski definition) is 5. The van der Waals surface area contributed by atoms with Crippen molar-refractivity contribution < 1.29 is 4.39 Å². The van der Waals surface area contributed by atoms with Gasteiger partial charge in [0, 0.05) is 23.7 Å². The van der Waals surface area contributed by atoms with Crippen LogP contribution in [0.2, 0.25) is 0 Å². The first-order valence-electron chi connectivity index (χ1n) is 6.94. The van der Waals surface area contributed by atoms with Gasteiger partial charge in [0.1, 0.15) is 5.82 Å². The van der Waals surface area contributed by atoms with E-state index >= 15 is 0 Å². The maximum absolute atomic E-state index is 13.8. The van der Waals surface area contributed by atoms with Crippen LogP contribution >= 0.6 is 25.0 Å². The van der Waals surface area contributed by atoms with Gasteiger partial charge >= 0.3 is 0 Å². The lowest BCUT2D eigenvalue weighted by atomic mass is 9.97. The van der Waals surface area contributed by atoms with Gasteiger partial charge in [-0.05, 0) is 49.9 Å². The second kappa shape index (κ2) is 12.9. The van der Waals surface area contributed by atoms with E-state index in [1.54, 1.807) is 12.3 Å². The van der Waals surface area contributed by atoms with Gasteiger partial charge in [-0.15, -0.1) is 0 Å². The van der Waals surface area contributed by atoms with Crippen LogP contribution in [0.5, 0.6) is 0 Å². The molecule has 3 nitrogen and oxygen atoms in total. The van der Waals surface area contributed by atoms with Gasteiger partial charge in [-0.1, -0.05) is 32.0 Å². The highest BCUT2D eigenvalue weighted by Crippen LogP contribution is 2.25. The molecule has 1 rings (SSSR count). The lowest BCUT2D eigenvalue weighted by molar-refractivity contribution is 0.614. The minimum atomic E-state index is -0.287. The molecular weight excluding hydrogens is 305 g/mol. The summed E-state index contributed by atoms with van der Waals surface area (Å²) in [6.07, 6.45) is 7.47. The number of nitrogens with one attached hydrogen (secondary N) is 1. The van der Waals surface area contributed by atoms with Crippen molar-refractivity contribution in [2.75, 3.05) is 13.1 Å². The molecule has 21 heavy (non-hydrogen) atoms. The molecule has 0 radical (unpaired) electrons. The van der Waals surface area contributed by atoms with Crippen molar-refractivity contribution in [3.8, 4) is 0 Å². The molecule has 0 saturated heterocycles. The number of unbranched alkanes of at least 4 members (excludes halogenated alkanes) is 1. The molecular formula is C15H24FN3S2. The predicted molar refractivity (Wildman–Crippen MR) is 96.1 cm³/mol. The first kappa shape index (κ1) is 20.2. The van der Waals surface area contributed by atoms with E-state index in [1.165, 1.54) is 11.6 Å². The van der Waals surface area contributed by atoms with Crippen LogP contribution in [-0.2, 0) is 0 Å². The van der Waals surface area contributed by atoms with Crippen LogP contribution < -0.4 is 10.5 Å². The zero-order valence-corrected chi connectivity index (χ0v) is 14.3. The van der Waals surface area contributed by atoms with Crippen LogP contribution in [0.25, 0.3) is 5.57 Å². The minimum absolute atomic E-state index is 0.287. The van der Waals surface area contributed by atoms with Crippen LogP contribution in [0, 0.1) is 12.7 Å². The maximum atomic E-state index is 13.8. The summed E-state index contributed by atoms with van der Waals surface area (Å²) in [4.78, 5) is 3.84. The Hall–Kier alpha value is -0.820. The summed E-state index contributed by atoms with van der Waals surface area (Å²) in [6.45, 7) is 5.35. The molecule has 0 aromatic carbocycles. The Morgan fingerprint density at radius 1 is 1.48 bits per heavy atom. The zero-order chi connectivity index (χ0) is 16.1. The average molecular weight is 330 g/mol. The molecule has 6 heteroatoms. The molecule has 1 heterocycles. The lowest BCUT2D eigenvalue weighted by Gasteiger charge is -2.11. The van der Waals surface area contributed by atoms with Crippen molar-refractivity contribution in [2.45, 2.75) is 33.1 Å². The Kier molecular flexibility index (Phi) is 12.4. The third kappa shape index (κ3) is 8.26. The number of aryl methyl sites for hydroxylation is 1. The SMILES string of the molecule is CCN.Cc1cncc(F)c1/C(=C\C=S)CCCCNS. The molecule has 0 saturated carbocycles. The first-order valence-corrected chi connectivity index (χ1v) is 7.86. The fraction of sp³-hybridized carbons (Fsp3) is 0.467. The quantitative estimate of drug-likeness (QED) is 0.310. The van der Waals surface area contributed by atoms with E-state index in [0.29, 0.717) is 5.56 Å². The number of hydrogen-bond donors (Lipinski definition) is 3. The molecule has 0 unspecified atom stereocenters. The number of rotatable bonds is 7. The van der Waals surface area contributed by atoms with Gasteiger partial charge in [0.25, 0.3) is 0 Å². The number of nitrogens with zero attached hydrogens (tertiary/aromatic N) is 1. The molecule has 0 bridgehead atoms. The number of halogens is 1. The fourth-order valence-corrected chi connectivity index (χ4v) is 2.15. The Morgan fingerprint density at radius 2 is 2.14 bits per heavy atom. The van der Waals surface area contributed by atoms with E-state index in [9.17, 15) is 4.39 Å². The minimum Gasteiger partial charge on any atom is -0.331 e. The van der Waals surface area contributed by atoms with Crippen LogP contribution in [0.1, 0.15) is 37.3 Å². The van der Waals surface area contributed by atoms with Gasteiger partial charge < -0.3 is 5.73 Å². The van der Waals surface area contributed by atoms with Crippen molar-refractivity contribution in [3.05, 3.63) is 35.4 Å². The highest BCUT2D eigenvalue weighted by atomic mass is 32.1. The predicted octanol–water partition coefficient (Wildman–Crippen LogP) is 3.48. The molecule has 3 N–H and O–H groups in total. The van der Waals surface area contributed by atoms with Crippen LogP contribution in [0.4, 0.5) is 4.39 Å². The number of thiol groups is 1. The fourth-order valence-electron chi connectivity index (χ4n) is 1.83. The first-order chi connectivity index (χ1) is 10.1. The average Bonchev–Trinajstić information content (AvgIpc) is 2.44. The van der Waals surface area contributed by atoms with E-state index in [0.717, 1.165) is 43.5 Å². The number of nitrogens with two attached hydrogens (primary N) is 1. The van der Waals surface area contributed by atoms with Gasteiger partial charge in [0.05, 0.1) is 6.20 Å². The summed E-state index contributed by atoms with van der Waals surface area (Å²) in [5.74, 6) is -0.287. The normalized spacial score (nSPS) is 10.8. The number of allylic oxidation sites excluding steroid dienone is 2. The summed E-state index contributed by atoms with van der Waals surface area (Å²) in [7, 11) is 0. The van der Waals surface area contributed by atoms with Crippen LogP contribution in [0.15, 0.2) is 18.5 Å². The molecule has 1 aromatic rings. The Balaban J connectivity index is 0.00000122. The largest absolute Gasteiger partial charge is 0.331 e. The smallest absolute Gasteiger partial charge is 0.149 e. The summed E-state index contributed by atoms with van der Waals surface area (Å²) in [6, 6.07) is 0. The second-order valence-electron chi connectivity index (χ2n) is 4.41. The standard InChI is InChI=1S/C13H17FN2S2.C2H7N/c1-10-8-15-9-12(14)13(10)11(5-7-17)4-2-3-6-16-18;1-2-3/h5,7-9,16,18H,2-4,6H2,1H3;2-3H2,1H3/b11-5-;. The van der Waals surface area contributed by atoms with Crippen molar-refractivity contribution >= 4 is 36.0 Å². The highest BCUT2D eigenvalue weighted by Gasteiger charge is 2.10. The van der Waals surface area contributed by atoms with Crippen molar-refractivity contribution in [1.82, 2.24) is 9.71 Å². The summed E-state index contributed by atoms with van der Waals surface area (Å²) in [5, 5.41) is 1.53. The number of aromatic nitrogens is 1. The van der Waals surface area contributed by atoms with Crippen LogP contribution in [-0.4, -0.2) is 23.4 Å². The van der Waals surface area contributed by atoms with Gasteiger partial charge in [-0.25, -0.2) is 4.39 Å². The summed E-state index contributed by atoms with van der Waals surface area (Å²) < 4.78 is 16.6. The van der Waals surface area contributed by atoms with Crippen molar-refractivity contribution in [3.63, 3.8) is 0 Å². The molecule has 0 spiro atoms. The molecule has 0 atom stereocenters. The molecule has 0 aliphatic rings. The highest BCUT2D eigenvalue weighted by molar-refractivity contribution is 7.79. The molecule has 0 aliphatic carbocycles. The van der Waals surface area contributed by atoms with Gasteiger partial charge in [-0.3, -0.25) is 9.71 Å². The van der Waals surface area contributed by atoms with Gasteiger partial charge in [0.2, 0.25) is 0 Å². The molecule has 118 valence electrons. The van der Waals surface area contributed by atoms with Crippen molar-refractivity contribution in [2.24, 2.45) is 5.73 Å². The number of thiocarbonyl (C=S) groups is 1. The molecule has 0 fully saturated rings. The maximum Gasteiger partial charge on any atom is 0.149 e. The second-order valence-corrected chi connectivity index (χ2v) is 5.00.